The van der Waals surface area contributed by atoms with E-state index in [1.54, 1.807) is 6.08 Å². The van der Waals surface area contributed by atoms with Crippen molar-refractivity contribution in [3.8, 4) is 0 Å². The van der Waals surface area contributed by atoms with Crippen LogP contribution in [0.4, 0.5) is 0 Å². The van der Waals surface area contributed by atoms with Crippen LogP contribution in [0.25, 0.3) is 0 Å². The summed E-state index contributed by atoms with van der Waals surface area (Å²) in [6.07, 6.45) is 43.1. The molecule has 0 heterocycles. The van der Waals surface area contributed by atoms with Crippen LogP contribution < -0.4 is 10.2 Å². The van der Waals surface area contributed by atoms with Crippen molar-refractivity contribution in [2.75, 3.05) is 40.9 Å². The van der Waals surface area contributed by atoms with Crippen LogP contribution in [-0.4, -0.2) is 68.5 Å². The number of likely N-dealkylation sites (N-methyl/N-ethyl adjacent to an activating group) is 1. The second-order valence-electron chi connectivity index (χ2n) is 17.1. The Kier molecular flexibility index (Phi) is 37.3. The van der Waals surface area contributed by atoms with Gasteiger partial charge in [-0.25, -0.2) is 0 Å². The van der Waals surface area contributed by atoms with Gasteiger partial charge in [0.15, 0.2) is 0 Å². The highest BCUT2D eigenvalue weighted by atomic mass is 31.2. The number of amides is 1. The van der Waals surface area contributed by atoms with Crippen LogP contribution in [0.15, 0.2) is 12.2 Å². The monoisotopic (exact) mass is 787 g/mol. The number of phosphoric ester groups is 1. The summed E-state index contributed by atoms with van der Waals surface area (Å²) in [5, 5.41) is 13.7. The molecule has 0 aliphatic rings. The molecule has 0 saturated heterocycles. The molecule has 0 radical (unpaired) electrons. The van der Waals surface area contributed by atoms with E-state index in [-0.39, 0.29) is 19.1 Å². The van der Waals surface area contributed by atoms with Crippen molar-refractivity contribution >= 4 is 13.7 Å². The number of unbranched alkanes of at least 4 members (excludes halogenated alkanes) is 29. The largest absolute Gasteiger partial charge is 0.756 e. The number of quaternary nitrogens is 1. The molecule has 0 aromatic heterocycles. The minimum atomic E-state index is -4.57. The van der Waals surface area contributed by atoms with Gasteiger partial charge in [-0.2, -0.15) is 0 Å². The Morgan fingerprint density at radius 1 is 0.630 bits per heavy atom. The summed E-state index contributed by atoms with van der Waals surface area (Å²) < 4.78 is 23.1. The van der Waals surface area contributed by atoms with E-state index in [2.05, 4.69) is 19.2 Å². The molecule has 0 spiro atoms. The average molecular weight is 787 g/mol. The van der Waals surface area contributed by atoms with E-state index in [0.29, 0.717) is 17.4 Å². The van der Waals surface area contributed by atoms with Gasteiger partial charge in [-0.3, -0.25) is 9.36 Å². The standard InChI is InChI=1S/C45H91N2O6P/c1-6-8-10-12-14-15-16-17-18-19-20-21-22-23-24-25-26-27-28-29-30-31-32-33-34-36-38-44(48)43(46-45(49)39-37-35-13-11-9-7-2)42-53-54(50,51)52-41-40-47(3,4)5/h36,38,43-44,48H,6-35,37,39-42H2,1-5H3,(H-,46,49,50,51)/b38-36+. The molecule has 54 heavy (non-hydrogen) atoms. The van der Waals surface area contributed by atoms with Crippen LogP contribution in [-0.2, 0) is 18.4 Å². The van der Waals surface area contributed by atoms with E-state index in [1.165, 1.54) is 161 Å². The number of aliphatic hydroxyl groups is 1. The maximum Gasteiger partial charge on any atom is 0.268 e. The summed E-state index contributed by atoms with van der Waals surface area (Å²) in [7, 11) is 1.27. The molecule has 3 unspecified atom stereocenters. The number of allylic oxidation sites excluding steroid dienone is 1. The molecule has 0 aromatic rings. The van der Waals surface area contributed by atoms with Crippen molar-refractivity contribution in [3.05, 3.63) is 12.2 Å². The first-order valence-corrected chi connectivity index (χ1v) is 24.5. The Labute approximate surface area is 335 Å². The third kappa shape index (κ3) is 39.5. The average Bonchev–Trinajstić information content (AvgIpc) is 3.12. The number of carbonyl (C=O) groups is 1. The quantitative estimate of drug-likeness (QED) is 0.0276. The minimum absolute atomic E-state index is 0.00137. The lowest BCUT2D eigenvalue weighted by molar-refractivity contribution is -0.870. The number of nitrogens with one attached hydrogen (secondary N) is 1. The van der Waals surface area contributed by atoms with Gasteiger partial charge in [-0.1, -0.05) is 206 Å². The maximum absolute atomic E-state index is 12.7. The zero-order chi connectivity index (χ0) is 40.0. The lowest BCUT2D eigenvalue weighted by atomic mass is 10.0. The third-order valence-corrected chi connectivity index (χ3v) is 11.5. The summed E-state index contributed by atoms with van der Waals surface area (Å²) in [6, 6.07) is -0.877. The van der Waals surface area contributed by atoms with Crippen molar-refractivity contribution < 1.29 is 32.9 Å². The number of carbonyl (C=O) groups excluding carboxylic acids is 1. The van der Waals surface area contributed by atoms with Crippen molar-refractivity contribution in [3.63, 3.8) is 0 Å². The van der Waals surface area contributed by atoms with Crippen LogP contribution in [0, 0.1) is 0 Å². The van der Waals surface area contributed by atoms with Crippen LogP contribution in [0.5, 0.6) is 0 Å². The molecule has 9 heteroatoms. The summed E-state index contributed by atoms with van der Waals surface area (Å²) in [5.74, 6) is -0.205. The highest BCUT2D eigenvalue weighted by molar-refractivity contribution is 7.45. The fraction of sp³-hybridized carbons (Fsp3) is 0.933. The van der Waals surface area contributed by atoms with Crippen LogP contribution >= 0.6 is 7.82 Å². The molecular weight excluding hydrogens is 695 g/mol. The summed E-state index contributed by atoms with van der Waals surface area (Å²) in [4.78, 5) is 25.0. The Morgan fingerprint density at radius 2 is 1.00 bits per heavy atom. The van der Waals surface area contributed by atoms with E-state index < -0.39 is 20.0 Å². The number of hydrogen-bond donors (Lipinski definition) is 2. The van der Waals surface area contributed by atoms with E-state index in [9.17, 15) is 19.4 Å². The molecule has 8 nitrogen and oxygen atoms in total. The van der Waals surface area contributed by atoms with Crippen molar-refractivity contribution in [1.82, 2.24) is 5.32 Å². The molecule has 0 aliphatic heterocycles. The van der Waals surface area contributed by atoms with Gasteiger partial charge in [-0.15, -0.1) is 0 Å². The van der Waals surface area contributed by atoms with Crippen molar-refractivity contribution in [2.45, 2.75) is 231 Å². The Balaban J connectivity index is 4.05. The Morgan fingerprint density at radius 3 is 1.39 bits per heavy atom. The summed E-state index contributed by atoms with van der Waals surface area (Å²) in [6.45, 7) is 4.59. The molecule has 0 aliphatic carbocycles. The first-order valence-electron chi connectivity index (χ1n) is 23.1. The highest BCUT2D eigenvalue weighted by Crippen LogP contribution is 2.38. The zero-order valence-corrected chi connectivity index (χ0v) is 37.3. The molecule has 3 atom stereocenters. The number of aliphatic hydroxyl groups excluding tert-OH is 1. The third-order valence-electron chi connectivity index (χ3n) is 10.5. The smallest absolute Gasteiger partial charge is 0.268 e. The van der Waals surface area contributed by atoms with Gasteiger partial charge in [0, 0.05) is 6.42 Å². The zero-order valence-electron chi connectivity index (χ0n) is 36.4. The predicted molar refractivity (Wildman–Crippen MR) is 229 cm³/mol. The van der Waals surface area contributed by atoms with Crippen LogP contribution in [0.1, 0.15) is 219 Å². The summed E-state index contributed by atoms with van der Waals surface area (Å²) >= 11 is 0. The Hall–Kier alpha value is -0.760. The lowest BCUT2D eigenvalue weighted by Gasteiger charge is -2.29. The Bertz CT molecular complexity index is 896. The van der Waals surface area contributed by atoms with E-state index in [0.717, 1.165) is 38.5 Å². The van der Waals surface area contributed by atoms with Gasteiger partial charge in [-0.05, 0) is 19.3 Å². The fourth-order valence-electron chi connectivity index (χ4n) is 6.80. The number of nitrogens with zero attached hydrogens (tertiary/aromatic N) is 1. The van der Waals surface area contributed by atoms with Gasteiger partial charge in [0.1, 0.15) is 13.2 Å². The van der Waals surface area contributed by atoms with Gasteiger partial charge >= 0.3 is 0 Å². The molecular formula is C45H91N2O6P. The van der Waals surface area contributed by atoms with E-state index in [4.69, 9.17) is 9.05 Å². The molecule has 322 valence electrons. The molecule has 0 rings (SSSR count). The maximum atomic E-state index is 12.7. The predicted octanol–water partition coefficient (Wildman–Crippen LogP) is 12.1. The first-order chi connectivity index (χ1) is 26.0. The molecule has 0 saturated carbocycles. The topological polar surface area (TPSA) is 108 Å². The van der Waals surface area contributed by atoms with E-state index in [1.807, 2.05) is 27.2 Å². The minimum Gasteiger partial charge on any atom is -0.756 e. The van der Waals surface area contributed by atoms with Crippen molar-refractivity contribution in [1.29, 1.82) is 0 Å². The highest BCUT2D eigenvalue weighted by Gasteiger charge is 2.23. The number of phosphoric acid groups is 1. The summed E-state index contributed by atoms with van der Waals surface area (Å²) in [5.41, 5.74) is 0. The van der Waals surface area contributed by atoms with Gasteiger partial charge < -0.3 is 28.8 Å². The molecule has 2 N–H and O–H groups in total. The number of rotatable bonds is 42. The van der Waals surface area contributed by atoms with Crippen LogP contribution in [0.2, 0.25) is 0 Å². The van der Waals surface area contributed by atoms with Crippen LogP contribution in [0.3, 0.4) is 0 Å². The SMILES string of the molecule is CCCCCCCCCCCCCCCCCCCCCCCCCC/C=C/C(O)C(COP(=O)([O-])OCC[N+](C)(C)C)NC(=O)CCCCCCCC. The lowest BCUT2D eigenvalue weighted by Crippen LogP contribution is -2.45. The van der Waals surface area contributed by atoms with Crippen molar-refractivity contribution in [2.24, 2.45) is 0 Å². The normalized spacial score (nSPS) is 14.4. The molecule has 0 aromatic carbocycles. The fourth-order valence-corrected chi connectivity index (χ4v) is 7.52. The second-order valence-corrected chi connectivity index (χ2v) is 18.5. The molecule has 0 bridgehead atoms. The first kappa shape index (κ1) is 53.2. The van der Waals surface area contributed by atoms with Gasteiger partial charge in [0.05, 0.1) is 39.9 Å². The van der Waals surface area contributed by atoms with Gasteiger partial charge in [0.2, 0.25) is 5.91 Å². The molecule has 0 fully saturated rings. The van der Waals surface area contributed by atoms with E-state index >= 15 is 0 Å². The number of hydrogen-bond acceptors (Lipinski definition) is 6. The second kappa shape index (κ2) is 37.8. The van der Waals surface area contributed by atoms with Gasteiger partial charge in [0.25, 0.3) is 7.82 Å². The molecule has 1 amide bonds.